The first-order valence-corrected chi connectivity index (χ1v) is 10.8. The summed E-state index contributed by atoms with van der Waals surface area (Å²) in [5, 5.41) is 11.2. The van der Waals surface area contributed by atoms with Crippen LogP contribution in [0.1, 0.15) is 33.1 Å². The van der Waals surface area contributed by atoms with Crippen molar-refractivity contribution in [1.29, 1.82) is 0 Å². The molecule has 1 aliphatic rings. The molecule has 2 N–H and O–H groups in total. The van der Waals surface area contributed by atoms with E-state index < -0.39 is 6.04 Å². The molecule has 0 saturated carbocycles. The number of aryl methyl sites for hydroxylation is 1. The number of hydrogen-bond acceptors (Lipinski definition) is 3. The second-order valence-electron chi connectivity index (χ2n) is 7.85. The maximum absolute atomic E-state index is 14.8. The Labute approximate surface area is 195 Å². The van der Waals surface area contributed by atoms with Gasteiger partial charge in [-0.15, -0.1) is 0 Å². The molecule has 0 unspecified atom stereocenters. The fourth-order valence-corrected chi connectivity index (χ4v) is 3.96. The van der Waals surface area contributed by atoms with Crippen LogP contribution in [0.4, 0.5) is 15.9 Å². The summed E-state index contributed by atoms with van der Waals surface area (Å²) < 4.78 is 16.4. The summed E-state index contributed by atoms with van der Waals surface area (Å²) in [7, 11) is 0. The van der Waals surface area contributed by atoms with Gasteiger partial charge >= 0.3 is 0 Å². The van der Waals surface area contributed by atoms with E-state index in [-0.39, 0.29) is 11.7 Å². The van der Waals surface area contributed by atoms with Crippen LogP contribution in [-0.4, -0.2) is 15.7 Å². The van der Waals surface area contributed by atoms with Crippen LogP contribution in [-0.2, 0) is 0 Å². The summed E-state index contributed by atoms with van der Waals surface area (Å²) >= 11 is 5.94. The molecular weight excluding hydrogens is 439 g/mol. The minimum atomic E-state index is -0.518. The highest BCUT2D eigenvalue weighted by molar-refractivity contribution is 6.30. The van der Waals surface area contributed by atoms with Crippen molar-refractivity contribution in [3.05, 3.63) is 118 Å². The van der Waals surface area contributed by atoms with Gasteiger partial charge in [-0.2, -0.15) is 5.10 Å². The molecule has 33 heavy (non-hydrogen) atoms. The Hall–Kier alpha value is -3.90. The smallest absolute Gasteiger partial charge is 0.261 e. The highest BCUT2D eigenvalue weighted by Crippen LogP contribution is 2.36. The van der Waals surface area contributed by atoms with Gasteiger partial charge in [-0.25, -0.2) is 9.07 Å². The van der Waals surface area contributed by atoms with Crippen molar-refractivity contribution in [2.75, 3.05) is 10.6 Å². The molecule has 0 radical (unpaired) electrons. The lowest BCUT2D eigenvalue weighted by Crippen LogP contribution is -2.22. The normalized spacial score (nSPS) is 14.8. The Balaban J connectivity index is 1.56. The summed E-state index contributed by atoms with van der Waals surface area (Å²) in [5.41, 5.74) is 4.27. The van der Waals surface area contributed by atoms with Crippen LogP contribution < -0.4 is 10.6 Å². The Morgan fingerprint density at radius 1 is 1.06 bits per heavy atom. The van der Waals surface area contributed by atoms with Gasteiger partial charge in [-0.1, -0.05) is 59.6 Å². The Morgan fingerprint density at radius 3 is 2.52 bits per heavy atom. The number of carbonyl (C=O) groups excluding carboxylic acids is 1. The zero-order chi connectivity index (χ0) is 22.9. The summed E-state index contributed by atoms with van der Waals surface area (Å²) in [5.74, 6) is -0.172. The van der Waals surface area contributed by atoms with E-state index in [0.29, 0.717) is 27.7 Å². The number of allylic oxidation sites excluding steroid dienone is 1. The first kappa shape index (κ1) is 21.0. The average Bonchev–Trinajstić information content (AvgIpc) is 3.25. The number of rotatable bonds is 4. The number of halogens is 2. The molecule has 5 nitrogen and oxygen atoms in total. The molecule has 0 fully saturated rings. The number of aromatic nitrogens is 2. The summed E-state index contributed by atoms with van der Waals surface area (Å²) in [6.45, 7) is 2.02. The second-order valence-corrected chi connectivity index (χ2v) is 8.29. The minimum absolute atomic E-state index is 0.330. The van der Waals surface area contributed by atoms with E-state index in [4.69, 9.17) is 11.6 Å². The fourth-order valence-electron chi connectivity index (χ4n) is 3.83. The van der Waals surface area contributed by atoms with Gasteiger partial charge < -0.3 is 10.6 Å². The molecule has 0 saturated heterocycles. The lowest BCUT2D eigenvalue weighted by atomic mass is 10.00. The third-order valence-corrected chi connectivity index (χ3v) is 5.82. The van der Waals surface area contributed by atoms with Crippen LogP contribution in [0.25, 0.3) is 5.70 Å². The van der Waals surface area contributed by atoms with Crippen LogP contribution in [0.3, 0.4) is 0 Å². The van der Waals surface area contributed by atoms with Crippen molar-refractivity contribution >= 4 is 34.7 Å². The van der Waals surface area contributed by atoms with E-state index in [1.54, 1.807) is 47.1 Å². The van der Waals surface area contributed by atoms with Gasteiger partial charge in [-0.05, 0) is 48.9 Å². The van der Waals surface area contributed by atoms with Crippen LogP contribution in [0, 0.1) is 12.7 Å². The predicted octanol–water partition coefficient (Wildman–Crippen LogP) is 6.29. The zero-order valence-corrected chi connectivity index (χ0v) is 18.5. The standard InChI is InChI=1S/C26H20ClFN4O/c1-16-6-8-17(9-7-16)23-14-24(20-4-2-3-5-22(20)28)32-25(31-23)21(15-29-32)26(33)30-19-12-10-18(27)11-13-19/h2-15,24,31H,1H3,(H,30,33)/t24-/m0/s1. The van der Waals surface area contributed by atoms with Crippen molar-refractivity contribution in [2.24, 2.45) is 0 Å². The van der Waals surface area contributed by atoms with Crippen molar-refractivity contribution in [3.8, 4) is 0 Å². The highest BCUT2D eigenvalue weighted by Gasteiger charge is 2.29. The summed E-state index contributed by atoms with van der Waals surface area (Å²) in [6.07, 6.45) is 3.41. The molecule has 4 aromatic rings. The largest absolute Gasteiger partial charge is 0.339 e. The maximum atomic E-state index is 14.8. The number of fused-ring (bicyclic) bond motifs is 1. The molecule has 7 heteroatoms. The van der Waals surface area contributed by atoms with E-state index >= 15 is 0 Å². The number of anilines is 2. The molecule has 164 valence electrons. The quantitative estimate of drug-likeness (QED) is 0.377. The Kier molecular flexibility index (Phi) is 5.44. The van der Waals surface area contributed by atoms with Crippen molar-refractivity contribution in [3.63, 3.8) is 0 Å². The number of nitrogens with one attached hydrogen (secondary N) is 2. The third kappa shape index (κ3) is 4.13. The number of benzene rings is 3. The van der Waals surface area contributed by atoms with Crippen LogP contribution in [0.5, 0.6) is 0 Å². The van der Waals surface area contributed by atoms with E-state index in [1.165, 1.54) is 12.3 Å². The first-order valence-electron chi connectivity index (χ1n) is 10.4. The van der Waals surface area contributed by atoms with Crippen molar-refractivity contribution < 1.29 is 9.18 Å². The molecule has 1 aromatic heterocycles. The van der Waals surface area contributed by atoms with Crippen LogP contribution in [0.2, 0.25) is 5.02 Å². The molecule has 1 aliphatic heterocycles. The molecule has 5 rings (SSSR count). The molecule has 3 aromatic carbocycles. The fraction of sp³-hybridized carbons (Fsp3) is 0.0769. The molecule has 1 amide bonds. The number of nitrogens with zero attached hydrogens (tertiary/aromatic N) is 2. The van der Waals surface area contributed by atoms with Gasteiger partial charge in [0, 0.05) is 22.0 Å². The topological polar surface area (TPSA) is 59.0 Å². The van der Waals surface area contributed by atoms with Crippen molar-refractivity contribution in [1.82, 2.24) is 9.78 Å². The molecule has 0 spiro atoms. The van der Waals surface area contributed by atoms with Gasteiger partial charge in [0.1, 0.15) is 23.2 Å². The van der Waals surface area contributed by atoms with Gasteiger partial charge in [0.05, 0.1) is 6.20 Å². The molecule has 2 heterocycles. The second kappa shape index (κ2) is 8.56. The first-order chi connectivity index (χ1) is 16.0. The van der Waals surface area contributed by atoms with Gasteiger partial charge in [-0.3, -0.25) is 4.79 Å². The lowest BCUT2D eigenvalue weighted by molar-refractivity contribution is 0.102. The van der Waals surface area contributed by atoms with E-state index in [0.717, 1.165) is 16.8 Å². The third-order valence-electron chi connectivity index (χ3n) is 5.57. The zero-order valence-electron chi connectivity index (χ0n) is 17.7. The van der Waals surface area contributed by atoms with E-state index in [2.05, 4.69) is 15.7 Å². The SMILES string of the molecule is Cc1ccc(C2=C[C@@H](c3ccccc3F)n3ncc(C(=O)Nc4ccc(Cl)cc4)c3N2)cc1. The van der Waals surface area contributed by atoms with Crippen LogP contribution in [0.15, 0.2) is 85.1 Å². The minimum Gasteiger partial charge on any atom is -0.339 e. The number of hydrogen-bond donors (Lipinski definition) is 2. The van der Waals surface area contributed by atoms with E-state index in [9.17, 15) is 9.18 Å². The highest BCUT2D eigenvalue weighted by atomic mass is 35.5. The number of carbonyl (C=O) groups is 1. The molecular formula is C26H20ClFN4O. The maximum Gasteiger partial charge on any atom is 0.261 e. The van der Waals surface area contributed by atoms with Gasteiger partial charge in [0.2, 0.25) is 0 Å². The van der Waals surface area contributed by atoms with Crippen LogP contribution >= 0.6 is 11.6 Å². The van der Waals surface area contributed by atoms with E-state index in [1.807, 2.05) is 37.3 Å². The average molecular weight is 459 g/mol. The summed E-state index contributed by atoms with van der Waals surface area (Å²) in [4.78, 5) is 13.1. The van der Waals surface area contributed by atoms with Gasteiger partial charge in [0.25, 0.3) is 5.91 Å². The summed E-state index contributed by atoms with van der Waals surface area (Å²) in [6, 6.07) is 20.9. The molecule has 0 aliphatic carbocycles. The lowest BCUT2D eigenvalue weighted by Gasteiger charge is -2.26. The van der Waals surface area contributed by atoms with Crippen molar-refractivity contribution in [2.45, 2.75) is 13.0 Å². The number of amides is 1. The Morgan fingerprint density at radius 2 is 1.79 bits per heavy atom. The predicted molar refractivity (Wildman–Crippen MR) is 129 cm³/mol. The monoisotopic (exact) mass is 458 g/mol. The molecule has 1 atom stereocenters. The molecule has 0 bridgehead atoms. The Bertz CT molecular complexity index is 1360. The van der Waals surface area contributed by atoms with Gasteiger partial charge in [0.15, 0.2) is 0 Å².